The van der Waals surface area contributed by atoms with Gasteiger partial charge in [0, 0.05) is 0 Å². The van der Waals surface area contributed by atoms with Gasteiger partial charge in [0.15, 0.2) is 17.3 Å². The van der Waals surface area contributed by atoms with Crippen LogP contribution in [0.1, 0.15) is 50.4 Å². The average molecular weight is 264 g/mol. The maximum absolute atomic E-state index is 13.9. The number of hydrogen-bond donors (Lipinski definition) is 0. The van der Waals surface area contributed by atoms with Crippen molar-refractivity contribution in [3.05, 3.63) is 29.6 Å². The minimum atomic E-state index is -0.446. The Labute approximate surface area is 114 Å². The van der Waals surface area contributed by atoms with E-state index in [1.54, 1.807) is 12.1 Å². The van der Waals surface area contributed by atoms with Gasteiger partial charge in [-0.1, -0.05) is 19.9 Å². The molecule has 0 N–H and O–H groups in total. The van der Waals surface area contributed by atoms with Crippen molar-refractivity contribution in [2.75, 3.05) is 0 Å². The molecule has 0 saturated heterocycles. The fourth-order valence-corrected chi connectivity index (χ4v) is 3.04. The summed E-state index contributed by atoms with van der Waals surface area (Å²) in [6, 6.07) is 4.51. The van der Waals surface area contributed by atoms with Crippen molar-refractivity contribution in [2.45, 2.75) is 46.1 Å². The number of rotatable bonds is 3. The lowest BCUT2D eigenvalue weighted by Gasteiger charge is -2.32. The number of para-hydroxylation sites is 1. The second kappa shape index (κ2) is 5.72. The molecular weight excluding hydrogens is 243 g/mol. The Morgan fingerprint density at radius 2 is 1.84 bits per heavy atom. The highest BCUT2D eigenvalue weighted by molar-refractivity contribution is 5.96. The molecule has 0 heterocycles. The van der Waals surface area contributed by atoms with Crippen molar-refractivity contribution >= 4 is 5.78 Å². The van der Waals surface area contributed by atoms with E-state index in [1.807, 2.05) is 0 Å². The van der Waals surface area contributed by atoms with Crippen LogP contribution in [0.3, 0.4) is 0 Å². The second-order valence-corrected chi connectivity index (χ2v) is 5.83. The molecular formula is C16H21FO2. The van der Waals surface area contributed by atoms with Crippen LogP contribution in [0, 0.1) is 17.7 Å². The van der Waals surface area contributed by atoms with Crippen LogP contribution in [0.4, 0.5) is 4.39 Å². The predicted octanol–water partition coefficient (Wildman–Crippen LogP) is 4.23. The van der Waals surface area contributed by atoms with Gasteiger partial charge in [-0.3, -0.25) is 4.79 Å². The van der Waals surface area contributed by atoms with E-state index in [-0.39, 0.29) is 17.6 Å². The van der Waals surface area contributed by atoms with E-state index in [9.17, 15) is 9.18 Å². The molecule has 1 fully saturated rings. The summed E-state index contributed by atoms with van der Waals surface area (Å²) in [5.41, 5.74) is 0.339. The maximum Gasteiger partial charge on any atom is 0.166 e. The fourth-order valence-electron chi connectivity index (χ4n) is 3.04. The van der Waals surface area contributed by atoms with Crippen molar-refractivity contribution < 1.29 is 13.9 Å². The molecule has 2 nitrogen and oxygen atoms in total. The van der Waals surface area contributed by atoms with Gasteiger partial charge in [0.2, 0.25) is 0 Å². The van der Waals surface area contributed by atoms with E-state index in [2.05, 4.69) is 13.8 Å². The Bertz CT molecular complexity index is 460. The van der Waals surface area contributed by atoms with Crippen molar-refractivity contribution in [3.8, 4) is 5.75 Å². The lowest BCUT2D eigenvalue weighted by atomic mass is 9.82. The molecule has 104 valence electrons. The van der Waals surface area contributed by atoms with E-state index < -0.39 is 5.82 Å². The first-order valence-corrected chi connectivity index (χ1v) is 6.93. The highest BCUT2D eigenvalue weighted by Crippen LogP contribution is 2.33. The summed E-state index contributed by atoms with van der Waals surface area (Å²) < 4.78 is 19.7. The van der Waals surface area contributed by atoms with Crippen molar-refractivity contribution in [1.82, 2.24) is 0 Å². The highest BCUT2D eigenvalue weighted by Gasteiger charge is 2.27. The molecule has 1 aromatic rings. The molecule has 2 atom stereocenters. The minimum absolute atomic E-state index is 0.00810. The third kappa shape index (κ3) is 3.34. The van der Waals surface area contributed by atoms with Crippen LogP contribution < -0.4 is 4.74 Å². The Hall–Kier alpha value is -1.38. The van der Waals surface area contributed by atoms with Crippen LogP contribution in [0.2, 0.25) is 0 Å². The molecule has 0 amide bonds. The van der Waals surface area contributed by atoms with Crippen LogP contribution in [-0.2, 0) is 0 Å². The number of Topliss-reactive ketones (excluding diaryl/α,β-unsaturated/α-hetero) is 1. The molecule has 2 unspecified atom stereocenters. The van der Waals surface area contributed by atoms with E-state index in [0.717, 1.165) is 12.8 Å². The molecule has 0 aromatic heterocycles. The maximum atomic E-state index is 13.9. The molecule has 1 saturated carbocycles. The number of hydrogen-bond acceptors (Lipinski definition) is 2. The highest BCUT2D eigenvalue weighted by atomic mass is 19.1. The molecule has 1 aromatic carbocycles. The van der Waals surface area contributed by atoms with Gasteiger partial charge >= 0.3 is 0 Å². The van der Waals surface area contributed by atoms with E-state index in [0.29, 0.717) is 17.4 Å². The first-order valence-electron chi connectivity index (χ1n) is 6.93. The van der Waals surface area contributed by atoms with E-state index >= 15 is 0 Å². The molecule has 1 aliphatic carbocycles. The standard InChI is InChI=1S/C16H21FO2/c1-10-7-11(2)9-13(8-10)19-16-14(12(3)18)5-4-6-15(16)17/h4-6,10-11,13H,7-9H2,1-3H3. The van der Waals surface area contributed by atoms with Gasteiger partial charge < -0.3 is 4.74 Å². The number of benzene rings is 1. The number of halogens is 1. The Morgan fingerprint density at radius 1 is 1.21 bits per heavy atom. The summed E-state index contributed by atoms with van der Waals surface area (Å²) in [6.45, 7) is 5.83. The number of ether oxygens (including phenoxy) is 1. The van der Waals surface area contributed by atoms with Crippen molar-refractivity contribution in [1.29, 1.82) is 0 Å². The molecule has 3 heteroatoms. The van der Waals surface area contributed by atoms with Crippen molar-refractivity contribution in [2.24, 2.45) is 11.8 Å². The Balaban J connectivity index is 2.21. The summed E-state index contributed by atoms with van der Waals surface area (Å²) in [5, 5.41) is 0. The number of carbonyl (C=O) groups excluding carboxylic acids is 1. The zero-order valence-corrected chi connectivity index (χ0v) is 11.8. The van der Waals surface area contributed by atoms with Gasteiger partial charge in [-0.25, -0.2) is 4.39 Å². The van der Waals surface area contributed by atoms with Gasteiger partial charge in [-0.2, -0.15) is 0 Å². The van der Waals surface area contributed by atoms with Gasteiger partial charge in [0.25, 0.3) is 0 Å². The quantitative estimate of drug-likeness (QED) is 0.764. The van der Waals surface area contributed by atoms with Crippen LogP contribution in [0.5, 0.6) is 5.75 Å². The third-order valence-corrected chi connectivity index (χ3v) is 3.77. The monoisotopic (exact) mass is 264 g/mol. The average Bonchev–Trinajstić information content (AvgIpc) is 2.30. The molecule has 1 aliphatic rings. The van der Waals surface area contributed by atoms with E-state index in [4.69, 9.17) is 4.74 Å². The van der Waals surface area contributed by atoms with Gasteiger partial charge in [0.1, 0.15) is 0 Å². The lowest BCUT2D eigenvalue weighted by molar-refractivity contribution is 0.0914. The Morgan fingerprint density at radius 3 is 2.42 bits per heavy atom. The van der Waals surface area contributed by atoms with Crippen LogP contribution in [0.15, 0.2) is 18.2 Å². The lowest BCUT2D eigenvalue weighted by Crippen LogP contribution is -2.29. The Kier molecular flexibility index (Phi) is 4.23. The van der Waals surface area contributed by atoms with Crippen LogP contribution in [0.25, 0.3) is 0 Å². The molecule has 0 spiro atoms. The first kappa shape index (κ1) is 14.0. The minimum Gasteiger partial charge on any atom is -0.487 e. The fraction of sp³-hybridized carbons (Fsp3) is 0.562. The largest absolute Gasteiger partial charge is 0.487 e. The molecule has 2 rings (SSSR count). The van der Waals surface area contributed by atoms with Crippen molar-refractivity contribution in [3.63, 3.8) is 0 Å². The van der Waals surface area contributed by atoms with Gasteiger partial charge in [-0.15, -0.1) is 0 Å². The van der Waals surface area contributed by atoms with E-state index in [1.165, 1.54) is 19.4 Å². The summed E-state index contributed by atoms with van der Waals surface area (Å²) in [7, 11) is 0. The van der Waals surface area contributed by atoms with Crippen LogP contribution in [-0.4, -0.2) is 11.9 Å². The predicted molar refractivity (Wildman–Crippen MR) is 73.0 cm³/mol. The molecule has 0 aliphatic heterocycles. The smallest absolute Gasteiger partial charge is 0.166 e. The zero-order valence-electron chi connectivity index (χ0n) is 11.8. The third-order valence-electron chi connectivity index (χ3n) is 3.77. The summed E-state index contributed by atoms with van der Waals surface area (Å²) in [6.07, 6.45) is 3.05. The number of carbonyl (C=O) groups is 1. The summed E-state index contributed by atoms with van der Waals surface area (Å²) in [5.74, 6) is 0.689. The number of ketones is 1. The SMILES string of the molecule is CC(=O)c1cccc(F)c1OC1CC(C)CC(C)C1. The summed E-state index contributed by atoms with van der Waals surface area (Å²) >= 11 is 0. The molecule has 19 heavy (non-hydrogen) atoms. The second-order valence-electron chi connectivity index (χ2n) is 5.83. The normalized spacial score (nSPS) is 27.1. The molecule has 0 bridgehead atoms. The topological polar surface area (TPSA) is 26.3 Å². The zero-order chi connectivity index (χ0) is 14.0. The van der Waals surface area contributed by atoms with Gasteiger partial charge in [0.05, 0.1) is 11.7 Å². The van der Waals surface area contributed by atoms with Crippen LogP contribution >= 0.6 is 0 Å². The first-order chi connectivity index (χ1) is 8.97. The molecule has 0 radical (unpaired) electrons. The summed E-state index contributed by atoms with van der Waals surface area (Å²) in [4.78, 5) is 11.5. The van der Waals surface area contributed by atoms with Gasteiger partial charge in [-0.05, 0) is 50.2 Å².